The van der Waals surface area contributed by atoms with Gasteiger partial charge in [-0.2, -0.15) is 0 Å². The molecule has 106 valence electrons. The van der Waals surface area contributed by atoms with E-state index >= 15 is 0 Å². The van der Waals surface area contributed by atoms with Gasteiger partial charge in [0.2, 0.25) is 0 Å². The van der Waals surface area contributed by atoms with E-state index in [1.54, 1.807) is 12.1 Å². The van der Waals surface area contributed by atoms with E-state index < -0.39 is 6.10 Å². The third kappa shape index (κ3) is 3.32. The lowest BCUT2D eigenvalue weighted by molar-refractivity contribution is 0.175. The Morgan fingerprint density at radius 2 is 1.76 bits per heavy atom. The van der Waals surface area contributed by atoms with Crippen molar-refractivity contribution in [3.63, 3.8) is 0 Å². The molecule has 0 fully saturated rings. The molecule has 1 atom stereocenters. The average molecular weight is 300 g/mol. The first-order chi connectivity index (χ1) is 10.2. The molecule has 2 aromatic carbocycles. The summed E-state index contributed by atoms with van der Waals surface area (Å²) < 4.78 is 5.32. The number of aliphatic hydroxyl groups excluding tert-OH is 1. The molecule has 0 amide bonds. The van der Waals surface area contributed by atoms with Crippen molar-refractivity contribution in [3.8, 4) is 11.3 Å². The van der Waals surface area contributed by atoms with Gasteiger partial charge in [-0.1, -0.05) is 59.2 Å². The summed E-state index contributed by atoms with van der Waals surface area (Å²) in [6.45, 7) is 0. The molecule has 0 spiro atoms. The predicted octanol–water partition coefficient (Wildman–Crippen LogP) is 4.27. The van der Waals surface area contributed by atoms with Gasteiger partial charge < -0.3 is 9.63 Å². The van der Waals surface area contributed by atoms with E-state index in [-0.39, 0.29) is 0 Å². The maximum Gasteiger partial charge on any atom is 0.167 e. The van der Waals surface area contributed by atoms with E-state index in [0.29, 0.717) is 17.2 Å². The van der Waals surface area contributed by atoms with Crippen LogP contribution in [0.3, 0.4) is 0 Å². The number of benzene rings is 2. The van der Waals surface area contributed by atoms with Gasteiger partial charge in [0.05, 0.1) is 11.8 Å². The van der Waals surface area contributed by atoms with Gasteiger partial charge in [0.15, 0.2) is 5.76 Å². The van der Waals surface area contributed by atoms with E-state index in [9.17, 15) is 5.11 Å². The van der Waals surface area contributed by atoms with Crippen molar-refractivity contribution in [3.05, 3.63) is 76.9 Å². The van der Waals surface area contributed by atoms with Gasteiger partial charge in [0.1, 0.15) is 0 Å². The minimum atomic E-state index is -0.629. The molecule has 1 unspecified atom stereocenters. The number of halogens is 1. The van der Waals surface area contributed by atoms with E-state index in [1.807, 2.05) is 48.5 Å². The van der Waals surface area contributed by atoms with Crippen LogP contribution < -0.4 is 0 Å². The van der Waals surface area contributed by atoms with Crippen molar-refractivity contribution in [1.82, 2.24) is 5.16 Å². The van der Waals surface area contributed by atoms with E-state index in [2.05, 4.69) is 5.16 Å². The zero-order valence-electron chi connectivity index (χ0n) is 11.2. The number of aliphatic hydroxyl groups is 1. The molecule has 3 aromatic rings. The summed E-state index contributed by atoms with van der Waals surface area (Å²) in [4.78, 5) is 0. The third-order valence-corrected chi connectivity index (χ3v) is 3.53. The molecular formula is C17H14ClNO2. The zero-order chi connectivity index (χ0) is 14.7. The Morgan fingerprint density at radius 1 is 1.05 bits per heavy atom. The second kappa shape index (κ2) is 6.12. The van der Waals surface area contributed by atoms with Gasteiger partial charge in [0, 0.05) is 23.1 Å². The zero-order valence-corrected chi connectivity index (χ0v) is 12.0. The molecule has 21 heavy (non-hydrogen) atoms. The quantitative estimate of drug-likeness (QED) is 0.782. The van der Waals surface area contributed by atoms with Gasteiger partial charge in [-0.15, -0.1) is 0 Å². The van der Waals surface area contributed by atoms with Crippen molar-refractivity contribution < 1.29 is 9.63 Å². The molecule has 4 heteroatoms. The Kier molecular flexibility index (Phi) is 4.04. The second-order valence-corrected chi connectivity index (χ2v) is 5.26. The topological polar surface area (TPSA) is 46.3 Å². The van der Waals surface area contributed by atoms with Gasteiger partial charge in [-0.25, -0.2) is 0 Å². The molecule has 0 aliphatic heterocycles. The first-order valence-corrected chi connectivity index (χ1v) is 7.05. The average Bonchev–Trinajstić information content (AvgIpc) is 2.97. The highest BCUT2D eigenvalue weighted by Crippen LogP contribution is 2.24. The first kappa shape index (κ1) is 13.9. The highest BCUT2D eigenvalue weighted by Gasteiger charge is 2.13. The third-order valence-electron chi connectivity index (χ3n) is 3.27. The summed E-state index contributed by atoms with van der Waals surface area (Å²) in [5.74, 6) is 0.703. The monoisotopic (exact) mass is 299 g/mol. The SMILES string of the molecule is OC(Cc1cc(-c2ccccc2)on1)c1ccc(Cl)cc1. The summed E-state index contributed by atoms with van der Waals surface area (Å²) in [5.41, 5.74) is 2.50. The van der Waals surface area contributed by atoms with Crippen LogP contribution in [0.2, 0.25) is 5.02 Å². The standard InChI is InChI=1S/C17H14ClNO2/c18-14-8-6-12(7-9-14)16(20)10-15-11-17(21-19-15)13-4-2-1-3-5-13/h1-9,11,16,20H,10H2. The van der Waals surface area contributed by atoms with Crippen LogP contribution in [-0.2, 0) is 6.42 Å². The van der Waals surface area contributed by atoms with Crippen LogP contribution in [-0.4, -0.2) is 10.3 Å². The number of rotatable bonds is 4. The Labute approximate surface area is 127 Å². The maximum atomic E-state index is 10.2. The van der Waals surface area contributed by atoms with E-state index in [1.165, 1.54) is 0 Å². The van der Waals surface area contributed by atoms with E-state index in [4.69, 9.17) is 16.1 Å². The van der Waals surface area contributed by atoms with Gasteiger partial charge in [-0.3, -0.25) is 0 Å². The number of hydrogen-bond donors (Lipinski definition) is 1. The fourth-order valence-electron chi connectivity index (χ4n) is 2.15. The normalized spacial score (nSPS) is 12.3. The lowest BCUT2D eigenvalue weighted by Crippen LogP contribution is -2.01. The molecule has 0 bridgehead atoms. The first-order valence-electron chi connectivity index (χ1n) is 6.67. The van der Waals surface area contributed by atoms with Crippen LogP contribution in [0.25, 0.3) is 11.3 Å². The van der Waals surface area contributed by atoms with Crippen molar-refractivity contribution in [2.24, 2.45) is 0 Å². The minimum absolute atomic E-state index is 0.401. The Balaban J connectivity index is 1.74. The fraction of sp³-hybridized carbons (Fsp3) is 0.118. The summed E-state index contributed by atoms with van der Waals surface area (Å²) in [7, 11) is 0. The summed E-state index contributed by atoms with van der Waals surface area (Å²) in [5, 5.41) is 14.9. The fourth-order valence-corrected chi connectivity index (χ4v) is 2.27. The van der Waals surface area contributed by atoms with Crippen LogP contribution >= 0.6 is 11.6 Å². The highest BCUT2D eigenvalue weighted by molar-refractivity contribution is 6.30. The summed E-state index contributed by atoms with van der Waals surface area (Å²) in [6.07, 6.45) is -0.228. The molecule has 0 radical (unpaired) electrons. The van der Waals surface area contributed by atoms with Crippen molar-refractivity contribution in [1.29, 1.82) is 0 Å². The van der Waals surface area contributed by atoms with Gasteiger partial charge in [-0.05, 0) is 17.7 Å². The Hall–Kier alpha value is -2.10. The van der Waals surface area contributed by atoms with Gasteiger partial charge >= 0.3 is 0 Å². The molecule has 0 aliphatic carbocycles. The smallest absolute Gasteiger partial charge is 0.167 e. The highest BCUT2D eigenvalue weighted by atomic mass is 35.5. The predicted molar refractivity (Wildman–Crippen MR) is 82.1 cm³/mol. The molecule has 0 saturated carbocycles. The number of aromatic nitrogens is 1. The number of hydrogen-bond acceptors (Lipinski definition) is 3. The lowest BCUT2D eigenvalue weighted by Gasteiger charge is -2.08. The number of nitrogens with zero attached hydrogens (tertiary/aromatic N) is 1. The van der Waals surface area contributed by atoms with Crippen molar-refractivity contribution in [2.45, 2.75) is 12.5 Å². The molecular weight excluding hydrogens is 286 g/mol. The minimum Gasteiger partial charge on any atom is -0.388 e. The molecule has 0 saturated heterocycles. The van der Waals surface area contributed by atoms with Crippen LogP contribution in [0.4, 0.5) is 0 Å². The Morgan fingerprint density at radius 3 is 2.48 bits per heavy atom. The van der Waals surface area contributed by atoms with Crippen molar-refractivity contribution >= 4 is 11.6 Å². The van der Waals surface area contributed by atoms with Crippen molar-refractivity contribution in [2.75, 3.05) is 0 Å². The summed E-state index contributed by atoms with van der Waals surface area (Å²) in [6, 6.07) is 18.8. The molecule has 0 aliphatic rings. The van der Waals surface area contributed by atoms with Crippen LogP contribution in [0.1, 0.15) is 17.4 Å². The molecule has 1 aromatic heterocycles. The maximum absolute atomic E-state index is 10.2. The Bertz CT molecular complexity index is 707. The molecule has 1 heterocycles. The van der Waals surface area contributed by atoms with Crippen LogP contribution in [0, 0.1) is 0 Å². The largest absolute Gasteiger partial charge is 0.388 e. The molecule has 3 rings (SSSR count). The van der Waals surface area contributed by atoms with Crippen LogP contribution in [0.15, 0.2) is 65.2 Å². The van der Waals surface area contributed by atoms with Gasteiger partial charge in [0.25, 0.3) is 0 Å². The lowest BCUT2D eigenvalue weighted by atomic mass is 10.0. The second-order valence-electron chi connectivity index (χ2n) is 4.82. The van der Waals surface area contributed by atoms with E-state index in [0.717, 1.165) is 16.8 Å². The molecule has 3 nitrogen and oxygen atoms in total. The molecule has 1 N–H and O–H groups in total. The summed E-state index contributed by atoms with van der Waals surface area (Å²) >= 11 is 5.84. The van der Waals surface area contributed by atoms with Crippen LogP contribution in [0.5, 0.6) is 0 Å².